The summed E-state index contributed by atoms with van der Waals surface area (Å²) in [7, 11) is 0. The third kappa shape index (κ3) is 3.06. The van der Waals surface area contributed by atoms with E-state index in [0.717, 1.165) is 0 Å². The molecule has 2 rings (SSSR count). The van der Waals surface area contributed by atoms with Crippen LogP contribution in [0.2, 0.25) is 0 Å². The number of amidine groups is 1. The minimum atomic E-state index is -0.541. The minimum Gasteiger partial charge on any atom is -0.437 e. The third-order valence-electron chi connectivity index (χ3n) is 2.26. The number of nitrogens with zero attached hydrogens (tertiary/aromatic N) is 3. The topological polar surface area (TPSA) is 128 Å². The van der Waals surface area contributed by atoms with Crippen LogP contribution in [0.5, 0.6) is 11.6 Å². The predicted octanol–water partition coefficient (Wildman–Crippen LogP) is 2.22. The number of aromatic nitrogens is 2. The molecule has 1 aromatic carbocycles. The molecule has 0 aliphatic carbocycles. The van der Waals surface area contributed by atoms with Crippen LogP contribution in [-0.2, 0) is 0 Å². The van der Waals surface area contributed by atoms with Gasteiger partial charge < -0.3 is 10.5 Å². The Morgan fingerprint density at radius 1 is 1.45 bits per heavy atom. The summed E-state index contributed by atoms with van der Waals surface area (Å²) in [6.45, 7) is 0. The maximum Gasteiger partial charge on any atom is 0.274 e. The number of rotatable bonds is 4. The van der Waals surface area contributed by atoms with E-state index in [1.54, 1.807) is 0 Å². The van der Waals surface area contributed by atoms with Crippen molar-refractivity contribution >= 4 is 27.5 Å². The van der Waals surface area contributed by atoms with Crippen LogP contribution in [0.3, 0.4) is 0 Å². The maximum atomic E-state index is 10.8. The third-order valence-corrected chi connectivity index (χ3v) is 2.72. The molecule has 0 saturated heterocycles. The van der Waals surface area contributed by atoms with Gasteiger partial charge in [-0.25, -0.2) is 0 Å². The molecule has 0 saturated carbocycles. The van der Waals surface area contributed by atoms with E-state index < -0.39 is 4.92 Å². The average Bonchev–Trinajstić information content (AvgIpc) is 2.38. The highest BCUT2D eigenvalue weighted by atomic mass is 79.9. The number of nitrogens with one attached hydrogen (secondary N) is 1. The largest absolute Gasteiger partial charge is 0.437 e. The second-order valence-electron chi connectivity index (χ2n) is 3.67. The van der Waals surface area contributed by atoms with E-state index in [9.17, 15) is 10.1 Å². The molecule has 20 heavy (non-hydrogen) atoms. The standard InChI is InChI=1S/C11H8BrN5O3/c12-6-3-7(17(18)19)5-8(4-6)20-11-9(10(13)14)1-2-15-16-11/h1-5H,(H3,13,14). The van der Waals surface area contributed by atoms with Gasteiger partial charge in [-0.1, -0.05) is 15.9 Å². The fourth-order valence-corrected chi connectivity index (χ4v) is 1.88. The van der Waals surface area contributed by atoms with Gasteiger partial charge in [0.15, 0.2) is 0 Å². The summed E-state index contributed by atoms with van der Waals surface area (Å²) < 4.78 is 5.90. The number of non-ortho nitro benzene ring substituents is 1. The molecule has 8 nitrogen and oxygen atoms in total. The molecule has 9 heteroatoms. The quantitative estimate of drug-likeness (QED) is 0.381. The van der Waals surface area contributed by atoms with Gasteiger partial charge in [0, 0.05) is 10.5 Å². The monoisotopic (exact) mass is 337 g/mol. The first-order valence-corrected chi connectivity index (χ1v) is 6.05. The van der Waals surface area contributed by atoms with Crippen LogP contribution in [0.25, 0.3) is 0 Å². The molecule has 0 aliphatic heterocycles. The zero-order chi connectivity index (χ0) is 14.7. The van der Waals surface area contributed by atoms with Crippen molar-refractivity contribution in [3.8, 4) is 11.6 Å². The second-order valence-corrected chi connectivity index (χ2v) is 4.58. The lowest BCUT2D eigenvalue weighted by atomic mass is 10.2. The Morgan fingerprint density at radius 3 is 2.85 bits per heavy atom. The first-order valence-electron chi connectivity index (χ1n) is 5.26. The van der Waals surface area contributed by atoms with Gasteiger partial charge in [-0.15, -0.1) is 5.10 Å². The normalized spacial score (nSPS) is 10.1. The van der Waals surface area contributed by atoms with Crippen molar-refractivity contribution < 1.29 is 9.66 Å². The number of halogens is 1. The Balaban J connectivity index is 2.40. The fraction of sp³-hybridized carbons (Fsp3) is 0. The molecule has 2 aromatic rings. The first kappa shape index (κ1) is 13.9. The molecule has 0 amide bonds. The minimum absolute atomic E-state index is 0.00685. The van der Waals surface area contributed by atoms with Crippen molar-refractivity contribution in [2.75, 3.05) is 0 Å². The summed E-state index contributed by atoms with van der Waals surface area (Å²) in [6.07, 6.45) is 1.37. The van der Waals surface area contributed by atoms with Gasteiger partial charge in [-0.2, -0.15) is 5.10 Å². The van der Waals surface area contributed by atoms with E-state index >= 15 is 0 Å². The van der Waals surface area contributed by atoms with Gasteiger partial charge in [0.2, 0.25) is 5.88 Å². The summed E-state index contributed by atoms with van der Waals surface area (Å²) in [5.41, 5.74) is 5.51. The molecular formula is C11H8BrN5O3. The molecule has 0 unspecified atom stereocenters. The number of nitro groups is 1. The van der Waals surface area contributed by atoms with Crippen LogP contribution >= 0.6 is 15.9 Å². The molecule has 0 spiro atoms. The fourth-order valence-electron chi connectivity index (χ4n) is 1.42. The number of hydrogen-bond acceptors (Lipinski definition) is 6. The number of nitrogen functional groups attached to an aromatic ring is 1. The molecule has 0 radical (unpaired) electrons. The number of nitro benzene ring substituents is 1. The van der Waals surface area contributed by atoms with Gasteiger partial charge in [-0.05, 0) is 12.1 Å². The van der Waals surface area contributed by atoms with Crippen LogP contribution in [-0.4, -0.2) is 21.0 Å². The van der Waals surface area contributed by atoms with Gasteiger partial charge in [0.05, 0.1) is 22.7 Å². The van der Waals surface area contributed by atoms with E-state index in [0.29, 0.717) is 4.47 Å². The van der Waals surface area contributed by atoms with Gasteiger partial charge in [0.25, 0.3) is 5.69 Å². The predicted molar refractivity (Wildman–Crippen MR) is 73.9 cm³/mol. The lowest BCUT2D eigenvalue weighted by Gasteiger charge is -2.08. The summed E-state index contributed by atoms with van der Waals surface area (Å²) in [5, 5.41) is 25.5. The van der Waals surface area contributed by atoms with Crippen LogP contribution in [0.1, 0.15) is 5.56 Å². The summed E-state index contributed by atoms with van der Waals surface area (Å²) in [6, 6.07) is 5.58. The molecule has 0 aliphatic rings. The highest BCUT2D eigenvalue weighted by molar-refractivity contribution is 9.10. The summed E-state index contributed by atoms with van der Waals surface area (Å²) in [4.78, 5) is 10.2. The maximum absolute atomic E-state index is 10.8. The van der Waals surface area contributed by atoms with Crippen LogP contribution in [0, 0.1) is 15.5 Å². The van der Waals surface area contributed by atoms with Crippen LogP contribution in [0.15, 0.2) is 34.9 Å². The SMILES string of the molecule is N=C(N)c1ccnnc1Oc1cc(Br)cc([N+](=O)[O-])c1. The number of ether oxygens (including phenoxy) is 1. The molecule has 0 bridgehead atoms. The second kappa shape index (κ2) is 5.61. The van der Waals surface area contributed by atoms with Crippen molar-refractivity contribution in [3.63, 3.8) is 0 Å². The summed E-state index contributed by atoms with van der Waals surface area (Å²) in [5.74, 6) is -0.0409. The van der Waals surface area contributed by atoms with E-state index in [-0.39, 0.29) is 28.7 Å². The first-order chi connectivity index (χ1) is 9.47. The van der Waals surface area contributed by atoms with Crippen LogP contribution in [0.4, 0.5) is 5.69 Å². The lowest BCUT2D eigenvalue weighted by molar-refractivity contribution is -0.385. The van der Waals surface area contributed by atoms with Gasteiger partial charge in [0.1, 0.15) is 11.6 Å². The zero-order valence-electron chi connectivity index (χ0n) is 9.91. The molecular weight excluding hydrogens is 330 g/mol. The molecule has 102 valence electrons. The number of hydrogen-bond donors (Lipinski definition) is 2. The van der Waals surface area contributed by atoms with Crippen LogP contribution < -0.4 is 10.5 Å². The van der Waals surface area contributed by atoms with Crippen molar-refractivity contribution in [2.24, 2.45) is 5.73 Å². The Labute approximate surface area is 121 Å². The van der Waals surface area contributed by atoms with Crippen molar-refractivity contribution in [3.05, 3.63) is 50.6 Å². The Hall–Kier alpha value is -2.55. The molecule has 0 fully saturated rings. The smallest absolute Gasteiger partial charge is 0.274 e. The highest BCUT2D eigenvalue weighted by Gasteiger charge is 2.13. The Kier molecular flexibility index (Phi) is 3.89. The van der Waals surface area contributed by atoms with Crippen molar-refractivity contribution in [2.45, 2.75) is 0 Å². The zero-order valence-corrected chi connectivity index (χ0v) is 11.5. The molecule has 3 N–H and O–H groups in total. The number of nitrogens with two attached hydrogens (primary N) is 1. The van der Waals surface area contributed by atoms with E-state index in [1.807, 2.05) is 0 Å². The van der Waals surface area contributed by atoms with Crippen molar-refractivity contribution in [1.29, 1.82) is 5.41 Å². The summed E-state index contributed by atoms with van der Waals surface area (Å²) >= 11 is 3.15. The van der Waals surface area contributed by atoms with E-state index in [2.05, 4.69) is 26.1 Å². The van der Waals surface area contributed by atoms with E-state index in [4.69, 9.17) is 15.9 Å². The van der Waals surface area contributed by atoms with Gasteiger partial charge >= 0.3 is 0 Å². The Bertz CT molecular complexity index is 692. The van der Waals surface area contributed by atoms with E-state index in [1.165, 1.54) is 30.5 Å². The lowest BCUT2D eigenvalue weighted by Crippen LogP contribution is -2.13. The number of benzene rings is 1. The van der Waals surface area contributed by atoms with Gasteiger partial charge in [-0.3, -0.25) is 15.5 Å². The molecule has 1 heterocycles. The highest BCUT2D eigenvalue weighted by Crippen LogP contribution is 2.29. The Morgan fingerprint density at radius 2 is 2.20 bits per heavy atom. The molecule has 1 aromatic heterocycles. The average molecular weight is 338 g/mol. The molecule has 0 atom stereocenters. The van der Waals surface area contributed by atoms with Crippen molar-refractivity contribution in [1.82, 2.24) is 10.2 Å².